The maximum absolute atomic E-state index is 12.9. The zero-order chi connectivity index (χ0) is 35.0. The van der Waals surface area contributed by atoms with Gasteiger partial charge in [-0.15, -0.1) is 95.1 Å². The van der Waals surface area contributed by atoms with Gasteiger partial charge in [0.1, 0.15) is 0 Å². The van der Waals surface area contributed by atoms with Crippen LogP contribution in [0.2, 0.25) is 0 Å². The molecule has 1 radical (unpaired) electrons. The van der Waals surface area contributed by atoms with Crippen LogP contribution >= 0.6 is 0 Å². The van der Waals surface area contributed by atoms with Gasteiger partial charge in [0.05, 0.1) is 0 Å². The van der Waals surface area contributed by atoms with Gasteiger partial charge in [-0.3, -0.25) is 8.78 Å². The molecule has 0 aliphatic carbocycles. The summed E-state index contributed by atoms with van der Waals surface area (Å²) in [6.45, 7) is 2.07. The number of halogens is 2. The molecule has 0 N–H and O–H groups in total. The van der Waals surface area contributed by atoms with Crippen molar-refractivity contribution < 1.29 is 28.9 Å². The fraction of sp³-hybridized carbons (Fsp3) is 0.0217. The molecule has 0 fully saturated rings. The molecular formula is C46H30F2IrN3-3. The number of hydrogen-bond donors (Lipinski definition) is 0. The van der Waals surface area contributed by atoms with Gasteiger partial charge in [0.2, 0.25) is 0 Å². The van der Waals surface area contributed by atoms with Gasteiger partial charge in [-0.2, -0.15) is 0 Å². The molecule has 52 heavy (non-hydrogen) atoms. The fourth-order valence-corrected chi connectivity index (χ4v) is 5.76. The molecule has 3 aromatic heterocycles. The molecular weight excluding hydrogens is 825 g/mol. The van der Waals surface area contributed by atoms with Crippen LogP contribution in [0.3, 0.4) is 0 Å². The van der Waals surface area contributed by atoms with Crippen LogP contribution in [0.4, 0.5) is 8.78 Å². The summed E-state index contributed by atoms with van der Waals surface area (Å²) < 4.78 is 25.7. The molecule has 9 aromatic rings. The first-order valence-electron chi connectivity index (χ1n) is 16.4. The van der Waals surface area contributed by atoms with Crippen molar-refractivity contribution in [1.82, 2.24) is 15.0 Å². The summed E-state index contributed by atoms with van der Waals surface area (Å²) >= 11 is 0. The summed E-state index contributed by atoms with van der Waals surface area (Å²) in [5, 5.41) is 6.74. The maximum Gasteiger partial charge on any atom is 0.0379 e. The van der Waals surface area contributed by atoms with Crippen molar-refractivity contribution in [2.24, 2.45) is 0 Å². The second-order valence-corrected chi connectivity index (χ2v) is 11.8. The number of hydrogen-bond acceptors (Lipinski definition) is 3. The van der Waals surface area contributed by atoms with Crippen molar-refractivity contribution in [3.05, 3.63) is 200 Å². The molecule has 9 rings (SSSR count). The van der Waals surface area contributed by atoms with Gasteiger partial charge in [-0.05, 0) is 67.6 Å². The van der Waals surface area contributed by atoms with Crippen LogP contribution in [0, 0.1) is 36.8 Å². The van der Waals surface area contributed by atoms with Gasteiger partial charge in [-0.25, -0.2) is 0 Å². The van der Waals surface area contributed by atoms with E-state index in [1.807, 2.05) is 91.1 Å². The average molecular weight is 855 g/mol. The summed E-state index contributed by atoms with van der Waals surface area (Å²) in [6.07, 6.45) is 5.37. The van der Waals surface area contributed by atoms with E-state index in [-0.39, 0.29) is 31.7 Å². The summed E-state index contributed by atoms with van der Waals surface area (Å²) in [5.74, 6) is -0.567. The van der Waals surface area contributed by atoms with Crippen LogP contribution < -0.4 is 0 Å². The summed E-state index contributed by atoms with van der Waals surface area (Å²) in [6, 6.07) is 54.4. The SMILES string of the molecule is Cc1c[c-]c(-c2nccc3ccccc23)cc1.Fc1c[c-]c(-c2nccc3ccccc23)cc1.Fc1c[c-]c(-c2nccc3ccccc23)cc1.[Ir]. The smallest absolute Gasteiger partial charge is 0.0379 e. The van der Waals surface area contributed by atoms with E-state index in [1.54, 1.807) is 24.5 Å². The molecule has 0 amide bonds. The molecule has 0 bridgehead atoms. The van der Waals surface area contributed by atoms with Crippen molar-refractivity contribution in [2.75, 3.05) is 0 Å². The van der Waals surface area contributed by atoms with E-state index >= 15 is 0 Å². The number of benzene rings is 6. The zero-order valence-corrected chi connectivity index (χ0v) is 30.4. The van der Waals surface area contributed by atoms with Crippen LogP contribution in [0.15, 0.2) is 164 Å². The van der Waals surface area contributed by atoms with Crippen molar-refractivity contribution >= 4 is 32.3 Å². The molecule has 3 heterocycles. The fourth-order valence-electron chi connectivity index (χ4n) is 5.76. The predicted octanol–water partition coefficient (Wildman–Crippen LogP) is 11.7. The summed E-state index contributed by atoms with van der Waals surface area (Å²) in [5.41, 5.74) is 6.56. The third-order valence-electron chi connectivity index (χ3n) is 8.30. The van der Waals surface area contributed by atoms with Gasteiger partial charge in [0.25, 0.3) is 0 Å². The number of nitrogens with zero attached hydrogens (tertiary/aromatic N) is 3. The van der Waals surface area contributed by atoms with E-state index in [2.05, 4.69) is 64.3 Å². The summed E-state index contributed by atoms with van der Waals surface area (Å²) in [4.78, 5) is 13.2. The minimum absolute atomic E-state index is 0. The van der Waals surface area contributed by atoms with Gasteiger partial charge in [0, 0.05) is 50.3 Å². The second-order valence-electron chi connectivity index (χ2n) is 11.8. The number of aryl methyl sites for hydroxylation is 1. The average Bonchev–Trinajstić information content (AvgIpc) is 3.19. The molecule has 255 valence electrons. The first-order chi connectivity index (χ1) is 25.0. The van der Waals surface area contributed by atoms with Gasteiger partial charge in [-0.1, -0.05) is 79.7 Å². The Morgan fingerprint density at radius 2 is 0.750 bits per heavy atom. The first-order valence-corrected chi connectivity index (χ1v) is 16.4. The molecule has 0 saturated heterocycles. The van der Waals surface area contributed by atoms with Crippen molar-refractivity contribution in [2.45, 2.75) is 6.92 Å². The zero-order valence-electron chi connectivity index (χ0n) is 28.0. The molecule has 0 atom stereocenters. The Balaban J connectivity index is 0.000000133. The van der Waals surface area contributed by atoms with E-state index < -0.39 is 0 Å². The van der Waals surface area contributed by atoms with Gasteiger partial charge in [0.15, 0.2) is 0 Å². The number of pyridine rings is 3. The molecule has 0 saturated carbocycles. The standard InChI is InChI=1S/C16H12N.2C15H9FN.Ir/c1-12-6-8-14(9-7-12)16-15-5-3-2-4-13(15)10-11-17-16;2*16-13-7-5-12(6-8-13)15-14-4-2-1-3-11(14)9-10-17-15;/h2-8,10-11H,1H3;2*1-5,7-10H;/q3*-1;. The maximum atomic E-state index is 12.9. The number of fused-ring (bicyclic) bond motifs is 3. The molecule has 6 heteroatoms. The van der Waals surface area contributed by atoms with E-state index in [9.17, 15) is 8.78 Å². The third-order valence-corrected chi connectivity index (χ3v) is 8.30. The Hall–Kier alpha value is -5.94. The molecule has 3 nitrogen and oxygen atoms in total. The second kappa shape index (κ2) is 16.8. The van der Waals surface area contributed by atoms with Crippen LogP contribution in [-0.4, -0.2) is 15.0 Å². The van der Waals surface area contributed by atoms with E-state index in [4.69, 9.17) is 0 Å². The van der Waals surface area contributed by atoms with Crippen LogP contribution in [0.1, 0.15) is 5.56 Å². The van der Waals surface area contributed by atoms with Crippen LogP contribution in [-0.2, 0) is 20.1 Å². The van der Waals surface area contributed by atoms with Crippen molar-refractivity contribution in [3.63, 3.8) is 0 Å². The Morgan fingerprint density at radius 1 is 0.404 bits per heavy atom. The van der Waals surface area contributed by atoms with Gasteiger partial charge < -0.3 is 15.0 Å². The Labute approximate surface area is 315 Å². The number of rotatable bonds is 3. The van der Waals surface area contributed by atoms with Crippen molar-refractivity contribution in [3.8, 4) is 33.8 Å². The first kappa shape index (κ1) is 35.9. The van der Waals surface area contributed by atoms with E-state index in [0.717, 1.165) is 55.3 Å². The Bertz CT molecular complexity index is 2250. The minimum atomic E-state index is -0.283. The third kappa shape index (κ3) is 8.32. The normalized spacial score (nSPS) is 10.4. The monoisotopic (exact) mass is 855 g/mol. The largest absolute Gasteiger partial charge is 0.304 e. The molecule has 6 aromatic carbocycles. The molecule has 0 spiro atoms. The topological polar surface area (TPSA) is 38.7 Å². The van der Waals surface area contributed by atoms with Crippen LogP contribution in [0.5, 0.6) is 0 Å². The van der Waals surface area contributed by atoms with Crippen LogP contribution in [0.25, 0.3) is 66.1 Å². The van der Waals surface area contributed by atoms with Crippen molar-refractivity contribution in [1.29, 1.82) is 0 Å². The minimum Gasteiger partial charge on any atom is -0.304 e. The Morgan fingerprint density at radius 3 is 1.08 bits per heavy atom. The van der Waals surface area contributed by atoms with E-state index in [0.29, 0.717) is 0 Å². The molecule has 0 aliphatic heterocycles. The molecule has 0 aliphatic rings. The summed E-state index contributed by atoms with van der Waals surface area (Å²) in [7, 11) is 0. The van der Waals surface area contributed by atoms with Gasteiger partial charge >= 0.3 is 0 Å². The predicted molar refractivity (Wildman–Crippen MR) is 203 cm³/mol. The van der Waals surface area contributed by atoms with E-state index in [1.165, 1.54) is 40.6 Å². The Kier molecular flexibility index (Phi) is 11.6. The molecule has 0 unspecified atom stereocenters. The number of aromatic nitrogens is 3. The quantitative estimate of drug-likeness (QED) is 0.166.